The molecule has 1 unspecified atom stereocenters. The standard InChI is InChI=1S/C16H24N2O3S.ClH/c1-12-8-13(2)15(21-3)14(9-12)22(19,20)18-7-5-16(11-18)4-6-17-10-16;/h8-9,17H,4-7,10-11H2,1-3H3;1H. The van der Waals surface area contributed by atoms with E-state index in [4.69, 9.17) is 4.74 Å². The van der Waals surface area contributed by atoms with Gasteiger partial charge in [0.2, 0.25) is 10.0 Å². The molecular formula is C16H25ClN2O3S. The van der Waals surface area contributed by atoms with Crippen molar-refractivity contribution in [1.82, 2.24) is 9.62 Å². The van der Waals surface area contributed by atoms with Crippen molar-refractivity contribution in [1.29, 1.82) is 0 Å². The quantitative estimate of drug-likeness (QED) is 0.896. The minimum Gasteiger partial charge on any atom is -0.495 e. The smallest absolute Gasteiger partial charge is 0.246 e. The van der Waals surface area contributed by atoms with E-state index in [2.05, 4.69) is 5.32 Å². The Morgan fingerprint density at radius 2 is 2.00 bits per heavy atom. The number of nitrogens with one attached hydrogen (secondary N) is 1. The summed E-state index contributed by atoms with van der Waals surface area (Å²) in [6.07, 6.45) is 2.00. The van der Waals surface area contributed by atoms with Gasteiger partial charge in [0, 0.05) is 19.6 Å². The fourth-order valence-electron chi connectivity index (χ4n) is 3.75. The van der Waals surface area contributed by atoms with Gasteiger partial charge >= 0.3 is 0 Å². The molecule has 1 atom stereocenters. The van der Waals surface area contributed by atoms with Crippen molar-refractivity contribution in [2.24, 2.45) is 5.41 Å². The Labute approximate surface area is 144 Å². The van der Waals surface area contributed by atoms with E-state index in [9.17, 15) is 8.42 Å². The molecule has 0 saturated carbocycles. The van der Waals surface area contributed by atoms with E-state index in [0.29, 0.717) is 23.7 Å². The van der Waals surface area contributed by atoms with Gasteiger partial charge < -0.3 is 10.1 Å². The number of rotatable bonds is 3. The van der Waals surface area contributed by atoms with Crippen molar-refractivity contribution in [3.8, 4) is 5.75 Å². The van der Waals surface area contributed by atoms with Crippen LogP contribution < -0.4 is 10.1 Å². The average Bonchev–Trinajstić information content (AvgIpc) is 3.09. The summed E-state index contributed by atoms with van der Waals surface area (Å²) in [7, 11) is -1.98. The first kappa shape index (κ1) is 18.5. The lowest BCUT2D eigenvalue weighted by Crippen LogP contribution is -2.33. The Balaban J connectivity index is 0.00000192. The topological polar surface area (TPSA) is 58.6 Å². The number of nitrogens with zero attached hydrogens (tertiary/aromatic N) is 1. The van der Waals surface area contributed by atoms with Crippen LogP contribution in [0.15, 0.2) is 17.0 Å². The van der Waals surface area contributed by atoms with Crippen LogP contribution >= 0.6 is 12.4 Å². The molecule has 0 bridgehead atoms. The first-order valence-corrected chi connectivity index (χ1v) is 9.18. The lowest BCUT2D eigenvalue weighted by atomic mass is 9.87. The molecule has 2 heterocycles. The first-order chi connectivity index (χ1) is 10.4. The zero-order chi connectivity index (χ0) is 16.0. The Kier molecular flexibility index (Phi) is 5.31. The van der Waals surface area contributed by atoms with Crippen LogP contribution in [0.2, 0.25) is 0 Å². The van der Waals surface area contributed by atoms with Gasteiger partial charge in [-0.1, -0.05) is 6.07 Å². The molecule has 0 aromatic heterocycles. The van der Waals surface area contributed by atoms with Crippen LogP contribution in [-0.2, 0) is 10.0 Å². The second kappa shape index (κ2) is 6.59. The number of ether oxygens (including phenoxy) is 1. The molecule has 5 nitrogen and oxygen atoms in total. The van der Waals surface area contributed by atoms with Crippen molar-refractivity contribution in [3.63, 3.8) is 0 Å². The molecule has 2 aliphatic rings. The second-order valence-corrected chi connectivity index (χ2v) is 8.53. The summed E-state index contributed by atoms with van der Waals surface area (Å²) in [5.74, 6) is 0.469. The molecule has 1 aromatic rings. The molecule has 23 heavy (non-hydrogen) atoms. The van der Waals surface area contributed by atoms with E-state index in [1.807, 2.05) is 19.9 Å². The Hall–Kier alpha value is -0.820. The highest BCUT2D eigenvalue weighted by Crippen LogP contribution is 2.40. The number of methoxy groups -OCH3 is 1. The van der Waals surface area contributed by atoms with Gasteiger partial charge in [-0.2, -0.15) is 4.31 Å². The maximum Gasteiger partial charge on any atom is 0.246 e. The Morgan fingerprint density at radius 3 is 2.61 bits per heavy atom. The molecule has 3 rings (SSSR count). The number of aryl methyl sites for hydroxylation is 2. The van der Waals surface area contributed by atoms with Crippen LogP contribution in [0.4, 0.5) is 0 Å². The Bertz CT molecular complexity index is 685. The fourth-order valence-corrected chi connectivity index (χ4v) is 5.62. The molecule has 2 saturated heterocycles. The lowest BCUT2D eigenvalue weighted by molar-refractivity contribution is 0.336. The van der Waals surface area contributed by atoms with E-state index < -0.39 is 10.0 Å². The predicted molar refractivity (Wildman–Crippen MR) is 93.0 cm³/mol. The normalized spacial score (nSPS) is 24.8. The summed E-state index contributed by atoms with van der Waals surface area (Å²) in [6, 6.07) is 3.67. The Morgan fingerprint density at radius 1 is 1.26 bits per heavy atom. The fraction of sp³-hybridized carbons (Fsp3) is 0.625. The number of hydrogen-bond acceptors (Lipinski definition) is 4. The summed E-state index contributed by atoms with van der Waals surface area (Å²) < 4.78 is 33.2. The highest BCUT2D eigenvalue weighted by Gasteiger charge is 2.45. The molecule has 1 N–H and O–H groups in total. The van der Waals surface area contributed by atoms with Crippen molar-refractivity contribution in [2.75, 3.05) is 33.3 Å². The molecule has 7 heteroatoms. The highest BCUT2D eigenvalue weighted by molar-refractivity contribution is 7.89. The highest BCUT2D eigenvalue weighted by atomic mass is 35.5. The SMILES string of the molecule is COc1c(C)cc(C)cc1S(=O)(=O)N1CCC2(CCNC2)C1.Cl. The third kappa shape index (κ3) is 3.22. The van der Waals surface area contributed by atoms with Gasteiger partial charge in [0.05, 0.1) is 7.11 Å². The monoisotopic (exact) mass is 360 g/mol. The lowest BCUT2D eigenvalue weighted by Gasteiger charge is -2.23. The summed E-state index contributed by atoms with van der Waals surface area (Å²) >= 11 is 0. The van der Waals surface area contributed by atoms with Gasteiger partial charge in [-0.3, -0.25) is 0 Å². The van der Waals surface area contributed by atoms with E-state index in [0.717, 1.165) is 37.1 Å². The zero-order valence-electron chi connectivity index (χ0n) is 13.9. The van der Waals surface area contributed by atoms with Gasteiger partial charge in [-0.15, -0.1) is 12.4 Å². The second-order valence-electron chi connectivity index (χ2n) is 6.63. The molecule has 0 amide bonds. The maximum atomic E-state index is 13.1. The predicted octanol–water partition coefficient (Wildman–Crippen LogP) is 2.11. The number of halogens is 1. The molecular weight excluding hydrogens is 336 g/mol. The van der Waals surface area contributed by atoms with Crippen LogP contribution in [0.25, 0.3) is 0 Å². The van der Waals surface area contributed by atoms with Crippen LogP contribution in [0.5, 0.6) is 5.75 Å². The molecule has 2 fully saturated rings. The largest absolute Gasteiger partial charge is 0.495 e. The summed E-state index contributed by atoms with van der Waals surface area (Å²) in [6.45, 7) is 6.91. The third-order valence-corrected chi connectivity index (χ3v) is 6.79. The van der Waals surface area contributed by atoms with E-state index in [1.54, 1.807) is 10.4 Å². The van der Waals surface area contributed by atoms with E-state index >= 15 is 0 Å². The average molecular weight is 361 g/mol. The molecule has 130 valence electrons. The van der Waals surface area contributed by atoms with Crippen molar-refractivity contribution in [3.05, 3.63) is 23.3 Å². The van der Waals surface area contributed by atoms with Crippen molar-refractivity contribution < 1.29 is 13.2 Å². The van der Waals surface area contributed by atoms with Gasteiger partial charge in [0.1, 0.15) is 10.6 Å². The first-order valence-electron chi connectivity index (χ1n) is 7.74. The van der Waals surface area contributed by atoms with Gasteiger partial charge in [0.25, 0.3) is 0 Å². The molecule has 0 radical (unpaired) electrons. The van der Waals surface area contributed by atoms with Gasteiger partial charge in [0.15, 0.2) is 0 Å². The zero-order valence-corrected chi connectivity index (χ0v) is 15.5. The van der Waals surface area contributed by atoms with Crippen LogP contribution in [-0.4, -0.2) is 46.0 Å². The molecule has 0 aliphatic carbocycles. The summed E-state index contributed by atoms with van der Waals surface area (Å²) in [4.78, 5) is 0.301. The molecule has 1 spiro atoms. The van der Waals surface area contributed by atoms with Crippen LogP contribution in [0.1, 0.15) is 24.0 Å². The maximum absolute atomic E-state index is 13.1. The van der Waals surface area contributed by atoms with Gasteiger partial charge in [-0.25, -0.2) is 8.42 Å². The molecule has 2 aliphatic heterocycles. The summed E-state index contributed by atoms with van der Waals surface area (Å²) in [5, 5.41) is 3.36. The number of benzene rings is 1. The van der Waals surface area contributed by atoms with Crippen LogP contribution in [0, 0.1) is 19.3 Å². The number of hydrogen-bond donors (Lipinski definition) is 1. The minimum atomic E-state index is -3.51. The third-order valence-electron chi connectivity index (χ3n) is 4.94. The summed E-state index contributed by atoms with van der Waals surface area (Å²) in [5.41, 5.74) is 1.92. The molecule has 1 aromatic carbocycles. The van der Waals surface area contributed by atoms with E-state index in [-0.39, 0.29) is 17.8 Å². The van der Waals surface area contributed by atoms with Crippen molar-refractivity contribution in [2.45, 2.75) is 31.6 Å². The van der Waals surface area contributed by atoms with E-state index in [1.165, 1.54) is 7.11 Å². The number of sulfonamides is 1. The van der Waals surface area contributed by atoms with Gasteiger partial charge in [-0.05, 0) is 55.8 Å². The minimum absolute atomic E-state index is 0. The van der Waals surface area contributed by atoms with Crippen molar-refractivity contribution >= 4 is 22.4 Å². The van der Waals surface area contributed by atoms with Crippen LogP contribution in [0.3, 0.4) is 0 Å².